The molecule has 3 nitrogen and oxygen atoms in total. The van der Waals surface area contributed by atoms with Crippen LogP contribution in [0, 0.1) is 0 Å². The highest BCUT2D eigenvalue weighted by Crippen LogP contribution is 2.31. The molecular weight excluding hydrogens is 322 g/mol. The van der Waals surface area contributed by atoms with Gasteiger partial charge >= 0.3 is 0 Å². The molecule has 0 aromatic heterocycles. The summed E-state index contributed by atoms with van der Waals surface area (Å²) in [5, 5.41) is 0. The van der Waals surface area contributed by atoms with Crippen molar-refractivity contribution < 1.29 is 9.53 Å². The van der Waals surface area contributed by atoms with Gasteiger partial charge in [-0.3, -0.25) is 4.79 Å². The van der Waals surface area contributed by atoms with E-state index in [0.717, 1.165) is 18.7 Å². The van der Waals surface area contributed by atoms with E-state index in [1.54, 1.807) is 14.0 Å². The maximum atomic E-state index is 11.8. The van der Waals surface area contributed by atoms with Crippen LogP contribution >= 0.6 is 0 Å². The van der Waals surface area contributed by atoms with Crippen LogP contribution in [0.3, 0.4) is 0 Å². The van der Waals surface area contributed by atoms with E-state index >= 15 is 0 Å². The fourth-order valence-electron chi connectivity index (χ4n) is 3.20. The van der Waals surface area contributed by atoms with Crippen LogP contribution in [-0.2, 0) is 0 Å². The number of ketones is 1. The average Bonchev–Trinajstić information content (AvgIpc) is 2.67. The molecule has 140 valence electrons. The van der Waals surface area contributed by atoms with E-state index in [9.17, 15) is 4.79 Å². The van der Waals surface area contributed by atoms with Crippen LogP contribution in [0.2, 0.25) is 0 Å². The highest BCUT2D eigenvalue weighted by molar-refractivity contribution is 5.97. The van der Waals surface area contributed by atoms with Crippen molar-refractivity contribution in [3.8, 4) is 5.75 Å². The first-order valence-electron chi connectivity index (χ1n) is 9.69. The van der Waals surface area contributed by atoms with Crippen molar-refractivity contribution in [2.45, 2.75) is 52.4 Å². The molecular formula is C23H31NO2. The molecule has 0 bridgehead atoms. The van der Waals surface area contributed by atoms with Gasteiger partial charge in [0.15, 0.2) is 5.78 Å². The molecule has 3 heteroatoms. The van der Waals surface area contributed by atoms with Crippen molar-refractivity contribution in [2.24, 2.45) is 0 Å². The number of unbranched alkanes of at least 4 members (excludes halogenated alkanes) is 5. The molecule has 0 saturated heterocycles. The van der Waals surface area contributed by atoms with Crippen LogP contribution in [0.25, 0.3) is 0 Å². The van der Waals surface area contributed by atoms with E-state index in [1.807, 2.05) is 24.3 Å². The number of anilines is 2. The zero-order valence-corrected chi connectivity index (χ0v) is 16.3. The van der Waals surface area contributed by atoms with Gasteiger partial charge in [0.2, 0.25) is 0 Å². The number of para-hydroxylation sites is 1. The normalized spacial score (nSPS) is 10.6. The first-order valence-corrected chi connectivity index (χ1v) is 9.69. The number of hydrogen-bond donors (Lipinski definition) is 0. The van der Waals surface area contributed by atoms with Crippen LogP contribution in [0.1, 0.15) is 62.7 Å². The molecule has 2 aromatic carbocycles. The van der Waals surface area contributed by atoms with Crippen molar-refractivity contribution in [3.63, 3.8) is 0 Å². The molecule has 0 amide bonds. The molecule has 0 aliphatic carbocycles. The molecule has 2 aromatic rings. The standard InChI is InChI=1S/C23H31NO2/c1-4-5-6-7-8-12-17-24(20-13-10-9-11-14-20)21-15-16-22(19(2)25)23(18-21)26-3/h9-11,13-16,18H,4-8,12,17H2,1-3H3. The smallest absolute Gasteiger partial charge is 0.163 e. The van der Waals surface area contributed by atoms with Gasteiger partial charge in [-0.2, -0.15) is 0 Å². The summed E-state index contributed by atoms with van der Waals surface area (Å²) < 4.78 is 5.46. The maximum Gasteiger partial charge on any atom is 0.163 e. The molecule has 0 aliphatic rings. The van der Waals surface area contributed by atoms with Crippen molar-refractivity contribution in [3.05, 3.63) is 54.1 Å². The molecule has 0 N–H and O–H groups in total. The highest BCUT2D eigenvalue weighted by Gasteiger charge is 2.14. The molecule has 0 unspecified atom stereocenters. The van der Waals surface area contributed by atoms with Crippen LogP contribution in [0.5, 0.6) is 5.75 Å². The van der Waals surface area contributed by atoms with Gasteiger partial charge in [-0.15, -0.1) is 0 Å². The Labute approximate surface area is 158 Å². The Morgan fingerprint density at radius 2 is 1.62 bits per heavy atom. The molecule has 0 atom stereocenters. The van der Waals surface area contributed by atoms with Gasteiger partial charge in [-0.25, -0.2) is 0 Å². The second kappa shape index (κ2) is 10.6. The Balaban J connectivity index is 2.17. The zero-order valence-electron chi connectivity index (χ0n) is 16.3. The van der Waals surface area contributed by atoms with E-state index < -0.39 is 0 Å². The largest absolute Gasteiger partial charge is 0.496 e. The summed E-state index contributed by atoms with van der Waals surface area (Å²) in [6.07, 6.45) is 7.61. The zero-order chi connectivity index (χ0) is 18.8. The van der Waals surface area contributed by atoms with E-state index in [4.69, 9.17) is 4.74 Å². The summed E-state index contributed by atoms with van der Waals surface area (Å²) >= 11 is 0. The van der Waals surface area contributed by atoms with Crippen LogP contribution < -0.4 is 9.64 Å². The quantitative estimate of drug-likeness (QED) is 0.346. The summed E-state index contributed by atoms with van der Waals surface area (Å²) in [6, 6.07) is 16.3. The van der Waals surface area contributed by atoms with Crippen molar-refractivity contribution in [1.82, 2.24) is 0 Å². The van der Waals surface area contributed by atoms with Crippen LogP contribution in [0.4, 0.5) is 11.4 Å². The van der Waals surface area contributed by atoms with E-state index in [0.29, 0.717) is 11.3 Å². The summed E-state index contributed by atoms with van der Waals surface area (Å²) in [7, 11) is 1.62. The van der Waals surface area contributed by atoms with Gasteiger partial charge in [-0.1, -0.05) is 57.2 Å². The topological polar surface area (TPSA) is 29.5 Å². The Morgan fingerprint density at radius 1 is 0.923 bits per heavy atom. The number of carbonyl (C=O) groups excluding carboxylic acids is 1. The van der Waals surface area contributed by atoms with Gasteiger partial charge in [0, 0.05) is 24.0 Å². The predicted molar refractivity (Wildman–Crippen MR) is 110 cm³/mol. The summed E-state index contributed by atoms with van der Waals surface area (Å²) in [6.45, 7) is 4.77. The lowest BCUT2D eigenvalue weighted by Gasteiger charge is -2.26. The minimum atomic E-state index is 0.0237. The number of ether oxygens (including phenoxy) is 1. The third-order valence-corrected chi connectivity index (χ3v) is 4.68. The maximum absolute atomic E-state index is 11.8. The summed E-state index contributed by atoms with van der Waals surface area (Å²) in [5.74, 6) is 0.662. The van der Waals surface area contributed by atoms with E-state index in [1.165, 1.54) is 37.8 Å². The number of nitrogens with zero attached hydrogens (tertiary/aromatic N) is 1. The lowest BCUT2D eigenvalue weighted by molar-refractivity contribution is 0.101. The minimum absolute atomic E-state index is 0.0237. The molecule has 0 spiro atoms. The second-order valence-corrected chi connectivity index (χ2v) is 6.70. The highest BCUT2D eigenvalue weighted by atomic mass is 16.5. The van der Waals surface area contributed by atoms with Gasteiger partial charge < -0.3 is 9.64 Å². The fraction of sp³-hybridized carbons (Fsp3) is 0.435. The van der Waals surface area contributed by atoms with Gasteiger partial charge in [-0.05, 0) is 37.6 Å². The second-order valence-electron chi connectivity index (χ2n) is 6.70. The monoisotopic (exact) mass is 353 g/mol. The van der Waals surface area contributed by atoms with Gasteiger partial charge in [0.25, 0.3) is 0 Å². The molecule has 0 saturated carbocycles. The first kappa shape index (κ1) is 20.0. The fourth-order valence-corrected chi connectivity index (χ4v) is 3.20. The first-order chi connectivity index (χ1) is 12.7. The number of benzene rings is 2. The van der Waals surface area contributed by atoms with Crippen molar-refractivity contribution >= 4 is 17.2 Å². The number of rotatable bonds is 11. The third-order valence-electron chi connectivity index (χ3n) is 4.68. The number of hydrogen-bond acceptors (Lipinski definition) is 3. The molecule has 0 aliphatic heterocycles. The number of Topliss-reactive ketones (excluding diaryl/α,β-unsaturated/α-hetero) is 1. The lowest BCUT2D eigenvalue weighted by Crippen LogP contribution is -2.18. The third kappa shape index (κ3) is 5.62. The molecule has 0 fully saturated rings. The minimum Gasteiger partial charge on any atom is -0.496 e. The summed E-state index contributed by atoms with van der Waals surface area (Å²) in [5.41, 5.74) is 2.86. The van der Waals surface area contributed by atoms with E-state index in [-0.39, 0.29) is 5.78 Å². The Kier molecular flexibility index (Phi) is 8.20. The van der Waals surface area contributed by atoms with E-state index in [2.05, 4.69) is 36.1 Å². The molecule has 0 heterocycles. The Morgan fingerprint density at radius 3 is 2.27 bits per heavy atom. The Bertz CT molecular complexity index is 682. The number of methoxy groups -OCH3 is 1. The molecule has 26 heavy (non-hydrogen) atoms. The number of carbonyl (C=O) groups is 1. The Hall–Kier alpha value is -2.29. The van der Waals surface area contributed by atoms with Crippen molar-refractivity contribution in [2.75, 3.05) is 18.6 Å². The SMILES string of the molecule is CCCCCCCCN(c1ccccc1)c1ccc(C(C)=O)c(OC)c1. The summed E-state index contributed by atoms with van der Waals surface area (Å²) in [4.78, 5) is 14.1. The van der Waals surface area contributed by atoms with Gasteiger partial charge in [0.05, 0.1) is 12.7 Å². The molecule has 0 radical (unpaired) electrons. The van der Waals surface area contributed by atoms with Crippen molar-refractivity contribution in [1.29, 1.82) is 0 Å². The lowest BCUT2D eigenvalue weighted by atomic mass is 10.1. The van der Waals surface area contributed by atoms with Gasteiger partial charge in [0.1, 0.15) is 5.75 Å². The average molecular weight is 354 g/mol. The predicted octanol–water partition coefficient (Wildman–Crippen LogP) is 6.40. The van der Waals surface area contributed by atoms with Crippen LogP contribution in [-0.4, -0.2) is 19.4 Å². The molecule has 2 rings (SSSR count). The van der Waals surface area contributed by atoms with Crippen LogP contribution in [0.15, 0.2) is 48.5 Å².